The summed E-state index contributed by atoms with van der Waals surface area (Å²) in [6, 6.07) is 13.3. The first-order valence-corrected chi connectivity index (χ1v) is 9.69. The van der Waals surface area contributed by atoms with Crippen LogP contribution in [0, 0.1) is 0 Å². The van der Waals surface area contributed by atoms with Crippen molar-refractivity contribution < 1.29 is 14.2 Å². The molecule has 9 heteroatoms. The molecule has 1 atom stereocenters. The zero-order chi connectivity index (χ0) is 19.7. The largest absolute Gasteiger partial charge is 0.495 e. The molecule has 0 aliphatic carbocycles. The minimum absolute atomic E-state index is 0.0635. The van der Waals surface area contributed by atoms with Gasteiger partial charge in [-0.2, -0.15) is 9.19 Å². The maximum atomic E-state index is 6.19. The second-order valence-corrected chi connectivity index (χ2v) is 7.42. The van der Waals surface area contributed by atoms with Crippen LogP contribution in [0.4, 0.5) is 11.5 Å². The Labute approximate surface area is 172 Å². The minimum Gasteiger partial charge on any atom is -0.495 e. The minimum atomic E-state index is -0.0635. The zero-order valence-electron chi connectivity index (χ0n) is 15.5. The SMILES string of the molecule is COc1ccc(N[C@@H]2Nc3cc(-c4ccc(OC)c(OC)c4)nn3S2)cc1Cl. The van der Waals surface area contributed by atoms with Crippen LogP contribution in [-0.2, 0) is 0 Å². The highest BCUT2D eigenvalue weighted by atomic mass is 35.5. The molecule has 146 valence electrons. The van der Waals surface area contributed by atoms with Gasteiger partial charge in [-0.1, -0.05) is 11.6 Å². The van der Waals surface area contributed by atoms with Crippen molar-refractivity contribution in [2.45, 2.75) is 5.50 Å². The summed E-state index contributed by atoms with van der Waals surface area (Å²) in [4.78, 5) is 0. The number of anilines is 2. The number of ether oxygens (including phenoxy) is 3. The summed E-state index contributed by atoms with van der Waals surface area (Å²) < 4.78 is 17.7. The molecule has 0 amide bonds. The molecule has 1 aliphatic heterocycles. The maximum absolute atomic E-state index is 6.19. The number of aromatic nitrogens is 2. The van der Waals surface area contributed by atoms with E-state index in [0.29, 0.717) is 22.3 Å². The van der Waals surface area contributed by atoms with Crippen LogP contribution in [0.1, 0.15) is 0 Å². The standard InChI is InChI=1S/C19H19ClN4O3S/c1-25-15-7-5-12(9-13(15)20)21-19-22-18-10-14(23-24(18)28-19)11-4-6-16(26-2)17(8-11)27-3/h4-10,19,21-22H,1-3H3/t19-/m1/s1. The third-order valence-corrected chi connectivity index (χ3v) is 5.51. The molecule has 2 N–H and O–H groups in total. The molecule has 0 bridgehead atoms. The van der Waals surface area contributed by atoms with Crippen LogP contribution in [0.2, 0.25) is 5.02 Å². The van der Waals surface area contributed by atoms with Gasteiger partial charge in [0, 0.05) is 29.3 Å². The molecule has 1 aliphatic rings. The number of nitrogens with one attached hydrogen (secondary N) is 2. The average Bonchev–Trinajstić information content (AvgIpc) is 3.26. The van der Waals surface area contributed by atoms with E-state index in [9.17, 15) is 0 Å². The van der Waals surface area contributed by atoms with E-state index < -0.39 is 0 Å². The van der Waals surface area contributed by atoms with Gasteiger partial charge in [0.05, 0.1) is 32.0 Å². The van der Waals surface area contributed by atoms with E-state index in [1.807, 2.05) is 46.6 Å². The van der Waals surface area contributed by atoms with E-state index in [1.54, 1.807) is 21.3 Å². The van der Waals surface area contributed by atoms with Crippen LogP contribution in [0.15, 0.2) is 42.5 Å². The Morgan fingerprint density at radius 2 is 1.75 bits per heavy atom. The lowest BCUT2D eigenvalue weighted by Crippen LogP contribution is -2.21. The third-order valence-electron chi connectivity index (χ3n) is 4.29. The molecule has 7 nitrogen and oxygen atoms in total. The second kappa shape index (κ2) is 7.73. The van der Waals surface area contributed by atoms with Crippen molar-refractivity contribution in [3.63, 3.8) is 0 Å². The van der Waals surface area contributed by atoms with Crippen molar-refractivity contribution in [1.29, 1.82) is 0 Å². The molecule has 1 aromatic heterocycles. The first-order valence-electron chi connectivity index (χ1n) is 8.47. The number of rotatable bonds is 6. The number of benzene rings is 2. The molecular formula is C19H19ClN4O3S. The van der Waals surface area contributed by atoms with Crippen LogP contribution in [0.25, 0.3) is 11.3 Å². The summed E-state index contributed by atoms with van der Waals surface area (Å²) in [5, 5.41) is 12.0. The Kier molecular flexibility index (Phi) is 5.15. The average molecular weight is 419 g/mol. The summed E-state index contributed by atoms with van der Waals surface area (Å²) in [6.07, 6.45) is 0. The normalized spacial score (nSPS) is 14.9. The van der Waals surface area contributed by atoms with Gasteiger partial charge < -0.3 is 24.8 Å². The highest BCUT2D eigenvalue weighted by Crippen LogP contribution is 2.37. The van der Waals surface area contributed by atoms with Gasteiger partial charge in [0.25, 0.3) is 0 Å². The van der Waals surface area contributed by atoms with Gasteiger partial charge in [-0.15, -0.1) is 0 Å². The fourth-order valence-electron chi connectivity index (χ4n) is 2.91. The summed E-state index contributed by atoms with van der Waals surface area (Å²) in [7, 11) is 4.83. The van der Waals surface area contributed by atoms with Crippen molar-refractivity contribution in [2.75, 3.05) is 32.0 Å². The summed E-state index contributed by atoms with van der Waals surface area (Å²) >= 11 is 7.72. The Hall–Kier alpha value is -2.71. The number of fused-ring (bicyclic) bond motifs is 1. The predicted octanol–water partition coefficient (Wildman–Crippen LogP) is 4.55. The number of hydrogen-bond donors (Lipinski definition) is 2. The quantitative estimate of drug-likeness (QED) is 0.608. The monoisotopic (exact) mass is 418 g/mol. The second-order valence-electron chi connectivity index (χ2n) is 5.98. The summed E-state index contributed by atoms with van der Waals surface area (Å²) in [5.74, 6) is 2.91. The van der Waals surface area contributed by atoms with Gasteiger partial charge in [-0.3, -0.25) is 0 Å². The summed E-state index contributed by atoms with van der Waals surface area (Å²) in [6.45, 7) is 0. The van der Waals surface area contributed by atoms with E-state index >= 15 is 0 Å². The third kappa shape index (κ3) is 3.53. The molecule has 0 saturated carbocycles. The topological polar surface area (TPSA) is 69.6 Å². The highest BCUT2D eigenvalue weighted by Gasteiger charge is 2.24. The predicted molar refractivity (Wildman–Crippen MR) is 113 cm³/mol. The van der Waals surface area contributed by atoms with Crippen LogP contribution >= 0.6 is 23.5 Å². The molecule has 2 heterocycles. The Bertz CT molecular complexity index is 987. The number of hydrogen-bond acceptors (Lipinski definition) is 7. The van der Waals surface area contributed by atoms with Crippen LogP contribution in [0.5, 0.6) is 17.2 Å². The van der Waals surface area contributed by atoms with Gasteiger partial charge in [0.15, 0.2) is 17.0 Å². The maximum Gasteiger partial charge on any atom is 0.168 e. The van der Waals surface area contributed by atoms with Gasteiger partial charge in [0.1, 0.15) is 11.6 Å². The zero-order valence-corrected chi connectivity index (χ0v) is 17.1. The highest BCUT2D eigenvalue weighted by molar-refractivity contribution is 7.98. The van der Waals surface area contributed by atoms with Gasteiger partial charge >= 0.3 is 0 Å². The van der Waals surface area contributed by atoms with Crippen molar-refractivity contribution in [3.8, 4) is 28.5 Å². The molecule has 28 heavy (non-hydrogen) atoms. The van der Waals surface area contributed by atoms with E-state index in [0.717, 1.165) is 22.8 Å². The molecule has 0 saturated heterocycles. The van der Waals surface area contributed by atoms with Crippen LogP contribution < -0.4 is 24.8 Å². The summed E-state index contributed by atoms with van der Waals surface area (Å²) in [5.41, 5.74) is 2.63. The lowest BCUT2D eigenvalue weighted by atomic mass is 10.1. The van der Waals surface area contributed by atoms with Crippen molar-refractivity contribution in [2.24, 2.45) is 0 Å². The smallest absolute Gasteiger partial charge is 0.168 e. The molecule has 0 spiro atoms. The van der Waals surface area contributed by atoms with E-state index in [2.05, 4.69) is 15.7 Å². The molecule has 3 aromatic rings. The van der Waals surface area contributed by atoms with Crippen LogP contribution in [0.3, 0.4) is 0 Å². The molecule has 0 fully saturated rings. The van der Waals surface area contributed by atoms with Crippen molar-refractivity contribution in [1.82, 2.24) is 9.19 Å². The number of halogens is 1. The van der Waals surface area contributed by atoms with Gasteiger partial charge in [0.2, 0.25) is 0 Å². The molecule has 4 rings (SSSR count). The van der Waals surface area contributed by atoms with E-state index in [4.69, 9.17) is 25.8 Å². The molecule has 2 aromatic carbocycles. The van der Waals surface area contributed by atoms with Crippen LogP contribution in [-0.4, -0.2) is 36.0 Å². The molecule has 0 radical (unpaired) electrons. The fourth-order valence-corrected chi connectivity index (χ4v) is 4.08. The molecular weight excluding hydrogens is 400 g/mol. The first kappa shape index (κ1) is 18.6. The Morgan fingerprint density at radius 1 is 1.00 bits per heavy atom. The fraction of sp³-hybridized carbons (Fsp3) is 0.211. The van der Waals surface area contributed by atoms with Crippen molar-refractivity contribution >= 4 is 35.1 Å². The molecule has 0 unspecified atom stereocenters. The number of nitrogens with zero attached hydrogens (tertiary/aromatic N) is 2. The van der Waals surface area contributed by atoms with Gasteiger partial charge in [-0.25, -0.2) is 0 Å². The van der Waals surface area contributed by atoms with E-state index in [1.165, 1.54) is 11.9 Å². The first-order chi connectivity index (χ1) is 13.6. The lowest BCUT2D eigenvalue weighted by Gasteiger charge is -2.14. The van der Waals surface area contributed by atoms with Gasteiger partial charge in [-0.05, 0) is 36.4 Å². The number of methoxy groups -OCH3 is 3. The van der Waals surface area contributed by atoms with Crippen molar-refractivity contribution in [3.05, 3.63) is 47.5 Å². The Balaban J connectivity index is 1.48. The van der Waals surface area contributed by atoms with E-state index in [-0.39, 0.29) is 5.50 Å². The Morgan fingerprint density at radius 3 is 2.43 bits per heavy atom. The lowest BCUT2D eigenvalue weighted by molar-refractivity contribution is 0.355.